The highest BCUT2D eigenvalue weighted by atomic mass is 35.5. The second-order valence-corrected chi connectivity index (χ2v) is 8.73. The van der Waals surface area contributed by atoms with Gasteiger partial charge in [0.25, 0.3) is 0 Å². The van der Waals surface area contributed by atoms with Crippen LogP contribution in [0.3, 0.4) is 0 Å². The number of aromatic nitrogens is 3. The molecule has 0 radical (unpaired) electrons. The monoisotopic (exact) mass is 542 g/mol. The number of aliphatic imine (C=N–C) groups is 2. The van der Waals surface area contributed by atoms with Crippen molar-refractivity contribution >= 4 is 41.1 Å². The van der Waals surface area contributed by atoms with E-state index in [-0.39, 0.29) is 23.5 Å². The van der Waals surface area contributed by atoms with Crippen LogP contribution in [-0.4, -0.2) is 62.3 Å². The van der Waals surface area contributed by atoms with Crippen molar-refractivity contribution in [3.63, 3.8) is 0 Å². The third kappa shape index (κ3) is 5.52. The van der Waals surface area contributed by atoms with Gasteiger partial charge in [0.15, 0.2) is 23.3 Å². The summed E-state index contributed by atoms with van der Waals surface area (Å²) in [5.41, 5.74) is 5.84. The molecule has 36 heavy (non-hydrogen) atoms. The van der Waals surface area contributed by atoms with Gasteiger partial charge in [0, 0.05) is 22.0 Å². The number of rotatable bonds is 5. The lowest BCUT2D eigenvalue weighted by Gasteiger charge is -2.38. The van der Waals surface area contributed by atoms with E-state index in [0.717, 1.165) is 18.5 Å². The number of hydrogen-bond donors (Lipinski definition) is 3. The standard InChI is InChI=1S/C22H19Cl2F3N6O3/c23-11-3-12(24)5-13(4-11)30-22(29-9-28)18-6-17(21(35)19(8-34)36-18)33-7-16(31-32-33)10-1-14(25)20(27)15(26)2-10/h1-5,7,9,17-19,21,34-35H,6,8H2,(H2,28,29,30). The Balaban J connectivity index is 1.67. The van der Waals surface area contributed by atoms with Gasteiger partial charge in [-0.05, 0) is 30.3 Å². The molecular formula is C22H19Cl2F3N6O3. The molecule has 0 aliphatic carbocycles. The molecule has 1 fully saturated rings. The molecule has 1 aromatic heterocycles. The van der Waals surface area contributed by atoms with Crippen molar-refractivity contribution in [1.82, 2.24) is 15.0 Å². The van der Waals surface area contributed by atoms with Crippen molar-refractivity contribution in [3.05, 3.63) is 64.0 Å². The van der Waals surface area contributed by atoms with Crippen LogP contribution in [0.25, 0.3) is 11.3 Å². The van der Waals surface area contributed by atoms with Crippen molar-refractivity contribution in [2.75, 3.05) is 6.61 Å². The minimum absolute atomic E-state index is 0.0334. The summed E-state index contributed by atoms with van der Waals surface area (Å²) >= 11 is 12.1. The molecule has 3 aromatic rings. The minimum atomic E-state index is -1.60. The zero-order valence-corrected chi connectivity index (χ0v) is 19.8. The van der Waals surface area contributed by atoms with Crippen LogP contribution in [0.2, 0.25) is 10.0 Å². The number of nitrogens with zero attached hydrogens (tertiary/aromatic N) is 5. The second-order valence-electron chi connectivity index (χ2n) is 7.85. The van der Waals surface area contributed by atoms with E-state index < -0.39 is 48.4 Å². The van der Waals surface area contributed by atoms with Crippen LogP contribution in [0.4, 0.5) is 18.9 Å². The smallest absolute Gasteiger partial charge is 0.194 e. The van der Waals surface area contributed by atoms with E-state index in [1.165, 1.54) is 16.9 Å². The summed E-state index contributed by atoms with van der Waals surface area (Å²) in [5.74, 6) is -4.26. The second kappa shape index (κ2) is 10.9. The van der Waals surface area contributed by atoms with Crippen molar-refractivity contribution in [2.24, 2.45) is 15.7 Å². The van der Waals surface area contributed by atoms with Gasteiger partial charge in [-0.3, -0.25) is 0 Å². The van der Waals surface area contributed by atoms with Gasteiger partial charge >= 0.3 is 0 Å². The van der Waals surface area contributed by atoms with E-state index in [4.69, 9.17) is 33.7 Å². The molecule has 1 aliphatic rings. The number of aliphatic hydroxyl groups excluding tert-OH is 2. The maximum absolute atomic E-state index is 13.7. The molecule has 1 aliphatic heterocycles. The number of ether oxygens (including phenoxy) is 1. The number of halogens is 5. The van der Waals surface area contributed by atoms with E-state index in [9.17, 15) is 23.4 Å². The summed E-state index contributed by atoms with van der Waals surface area (Å²) in [7, 11) is 0. The molecular weight excluding hydrogens is 524 g/mol. The lowest BCUT2D eigenvalue weighted by atomic mass is 9.95. The first-order valence-corrected chi connectivity index (χ1v) is 11.3. The van der Waals surface area contributed by atoms with E-state index in [0.29, 0.717) is 15.7 Å². The zero-order valence-electron chi connectivity index (χ0n) is 18.3. The van der Waals surface area contributed by atoms with Crippen LogP contribution in [0, 0.1) is 17.5 Å². The van der Waals surface area contributed by atoms with E-state index in [1.807, 2.05) is 0 Å². The Hall–Kier alpha value is -3.03. The van der Waals surface area contributed by atoms with Gasteiger partial charge in [-0.15, -0.1) is 5.10 Å². The molecule has 4 rings (SSSR count). The zero-order chi connectivity index (χ0) is 26.0. The summed E-state index contributed by atoms with van der Waals surface area (Å²) in [6.45, 7) is -0.549. The number of benzene rings is 2. The fraction of sp³-hybridized carbons (Fsp3) is 0.273. The first kappa shape index (κ1) is 26.0. The fourth-order valence-electron chi connectivity index (χ4n) is 3.81. The summed E-state index contributed by atoms with van der Waals surface area (Å²) < 4.78 is 47.8. The van der Waals surface area contributed by atoms with Crippen molar-refractivity contribution < 1.29 is 28.1 Å². The minimum Gasteiger partial charge on any atom is -0.394 e. The Kier molecular flexibility index (Phi) is 7.91. The van der Waals surface area contributed by atoms with Gasteiger partial charge in [-0.1, -0.05) is 28.4 Å². The number of aliphatic hydroxyl groups is 2. The first-order valence-electron chi connectivity index (χ1n) is 10.5. The molecule has 2 heterocycles. The van der Waals surface area contributed by atoms with Gasteiger partial charge in [0.05, 0.1) is 30.9 Å². The molecule has 0 spiro atoms. The first-order chi connectivity index (χ1) is 17.2. The summed E-state index contributed by atoms with van der Waals surface area (Å²) in [4.78, 5) is 8.48. The average Bonchev–Trinajstić information content (AvgIpc) is 3.31. The molecule has 190 valence electrons. The SMILES string of the molecule is NC=NC(=Nc1cc(Cl)cc(Cl)c1)C1CC(n2cc(-c3cc(F)c(F)c(F)c3)nn2)C(O)C(CO)O1. The Morgan fingerprint density at radius 2 is 1.83 bits per heavy atom. The Labute approximate surface area is 212 Å². The van der Waals surface area contributed by atoms with Crippen LogP contribution in [-0.2, 0) is 4.74 Å². The highest BCUT2D eigenvalue weighted by Crippen LogP contribution is 2.33. The molecule has 0 bridgehead atoms. The number of amidine groups is 1. The van der Waals surface area contributed by atoms with Gasteiger partial charge in [0.1, 0.15) is 24.0 Å². The van der Waals surface area contributed by atoms with Crippen LogP contribution < -0.4 is 5.73 Å². The van der Waals surface area contributed by atoms with Crippen LogP contribution in [0.1, 0.15) is 12.5 Å². The van der Waals surface area contributed by atoms with E-state index in [1.54, 1.807) is 12.1 Å². The van der Waals surface area contributed by atoms with Crippen molar-refractivity contribution in [2.45, 2.75) is 30.8 Å². The summed E-state index contributed by atoms with van der Waals surface area (Å²) in [6, 6.07) is 5.36. The van der Waals surface area contributed by atoms with Crippen LogP contribution >= 0.6 is 23.2 Å². The lowest BCUT2D eigenvalue weighted by molar-refractivity contribution is -0.137. The number of hydrogen-bond acceptors (Lipinski definition) is 6. The highest BCUT2D eigenvalue weighted by molar-refractivity contribution is 6.35. The predicted octanol–water partition coefficient (Wildman–Crippen LogP) is 3.44. The quantitative estimate of drug-likeness (QED) is 0.257. The third-order valence-corrected chi connectivity index (χ3v) is 5.90. The normalized spacial score (nSPS) is 22.9. The molecule has 2 aromatic carbocycles. The molecule has 9 nitrogen and oxygen atoms in total. The molecule has 4 atom stereocenters. The maximum atomic E-state index is 13.7. The van der Waals surface area contributed by atoms with Gasteiger partial charge in [0.2, 0.25) is 0 Å². The van der Waals surface area contributed by atoms with E-state index in [2.05, 4.69) is 20.3 Å². The van der Waals surface area contributed by atoms with Gasteiger partial charge in [-0.25, -0.2) is 27.8 Å². The number of nitrogens with two attached hydrogens (primary N) is 1. The van der Waals surface area contributed by atoms with Gasteiger partial charge < -0.3 is 20.7 Å². The topological polar surface area (TPSA) is 131 Å². The van der Waals surface area contributed by atoms with Gasteiger partial charge in [-0.2, -0.15) is 0 Å². The van der Waals surface area contributed by atoms with Crippen LogP contribution in [0.5, 0.6) is 0 Å². The molecule has 4 unspecified atom stereocenters. The Bertz CT molecular complexity index is 1280. The maximum Gasteiger partial charge on any atom is 0.194 e. The van der Waals surface area contributed by atoms with Crippen molar-refractivity contribution in [3.8, 4) is 11.3 Å². The molecule has 0 amide bonds. The summed E-state index contributed by atoms with van der Waals surface area (Å²) in [6.07, 6.45) is -0.794. The lowest BCUT2D eigenvalue weighted by Crippen LogP contribution is -2.49. The highest BCUT2D eigenvalue weighted by Gasteiger charge is 2.41. The predicted molar refractivity (Wildman–Crippen MR) is 127 cm³/mol. The van der Waals surface area contributed by atoms with E-state index >= 15 is 0 Å². The Morgan fingerprint density at radius 1 is 1.17 bits per heavy atom. The molecule has 1 saturated heterocycles. The van der Waals surface area contributed by atoms with Crippen molar-refractivity contribution in [1.29, 1.82) is 0 Å². The largest absolute Gasteiger partial charge is 0.394 e. The molecule has 0 saturated carbocycles. The summed E-state index contributed by atoms with van der Waals surface area (Å²) in [5, 5.41) is 29.1. The average molecular weight is 543 g/mol. The fourth-order valence-corrected chi connectivity index (χ4v) is 4.32. The molecule has 4 N–H and O–H groups in total. The Morgan fingerprint density at radius 3 is 2.44 bits per heavy atom. The third-order valence-electron chi connectivity index (χ3n) is 5.47. The molecule has 14 heteroatoms. The van der Waals surface area contributed by atoms with Crippen LogP contribution in [0.15, 0.2) is 46.5 Å².